The summed E-state index contributed by atoms with van der Waals surface area (Å²) in [6, 6.07) is 11.3. The van der Waals surface area contributed by atoms with Crippen molar-refractivity contribution in [3.63, 3.8) is 0 Å². The molecule has 2 aliphatic heterocycles. The van der Waals surface area contributed by atoms with E-state index in [0.717, 1.165) is 55.2 Å². The summed E-state index contributed by atoms with van der Waals surface area (Å²) in [5.74, 6) is 1.99. The van der Waals surface area contributed by atoms with Gasteiger partial charge in [0.1, 0.15) is 11.6 Å². The molecule has 0 aliphatic carbocycles. The number of benzene rings is 1. The Balaban J connectivity index is 1.45. The van der Waals surface area contributed by atoms with Crippen molar-refractivity contribution in [3.05, 3.63) is 47.9 Å². The standard InChI is InChI=1S/C21H26N6/c1-25-20-18(14-22-25)21(27-13-12-26-11-5-8-17(26)15-27)24-19(23-20)10-9-16-6-3-2-4-7-16/h2-4,6-7,14,17H,5,8-13,15H2,1H3/t17-/m0/s1. The quantitative estimate of drug-likeness (QED) is 0.713. The summed E-state index contributed by atoms with van der Waals surface area (Å²) in [6.45, 7) is 4.50. The number of rotatable bonds is 4. The van der Waals surface area contributed by atoms with Crippen LogP contribution in [0.5, 0.6) is 0 Å². The van der Waals surface area contributed by atoms with Gasteiger partial charge in [-0.15, -0.1) is 0 Å². The van der Waals surface area contributed by atoms with Gasteiger partial charge in [0, 0.05) is 39.1 Å². The van der Waals surface area contributed by atoms with Crippen molar-refractivity contribution in [1.29, 1.82) is 0 Å². The van der Waals surface area contributed by atoms with Crippen molar-refractivity contribution in [2.45, 2.75) is 31.7 Å². The van der Waals surface area contributed by atoms with E-state index in [1.54, 1.807) is 0 Å². The van der Waals surface area contributed by atoms with E-state index in [2.05, 4.69) is 45.2 Å². The van der Waals surface area contributed by atoms with E-state index in [4.69, 9.17) is 9.97 Å². The monoisotopic (exact) mass is 362 g/mol. The van der Waals surface area contributed by atoms with E-state index < -0.39 is 0 Å². The third-order valence-corrected chi connectivity index (χ3v) is 5.99. The lowest BCUT2D eigenvalue weighted by molar-refractivity contribution is 0.230. The van der Waals surface area contributed by atoms with E-state index in [0.29, 0.717) is 6.04 Å². The van der Waals surface area contributed by atoms with Crippen LogP contribution in [0.25, 0.3) is 11.0 Å². The highest BCUT2D eigenvalue weighted by molar-refractivity contribution is 5.87. The summed E-state index contributed by atoms with van der Waals surface area (Å²) in [7, 11) is 1.97. The molecule has 2 saturated heterocycles. The predicted molar refractivity (Wildman–Crippen MR) is 107 cm³/mol. The molecule has 0 amide bonds. The van der Waals surface area contributed by atoms with E-state index in [1.807, 2.05) is 17.9 Å². The molecule has 6 nitrogen and oxygen atoms in total. The number of aryl methyl sites for hydroxylation is 3. The second kappa shape index (κ2) is 6.93. The third kappa shape index (κ3) is 3.18. The Morgan fingerprint density at radius 2 is 1.93 bits per heavy atom. The Morgan fingerprint density at radius 3 is 2.81 bits per heavy atom. The molecule has 2 fully saturated rings. The van der Waals surface area contributed by atoms with Crippen molar-refractivity contribution in [2.24, 2.45) is 7.05 Å². The van der Waals surface area contributed by atoms with E-state index >= 15 is 0 Å². The summed E-state index contributed by atoms with van der Waals surface area (Å²) in [6.07, 6.45) is 6.36. The highest BCUT2D eigenvalue weighted by Crippen LogP contribution is 2.29. The molecule has 4 heterocycles. The fraction of sp³-hybridized carbons (Fsp3) is 0.476. The van der Waals surface area contributed by atoms with Gasteiger partial charge in [0.2, 0.25) is 0 Å². The first kappa shape index (κ1) is 16.7. The lowest BCUT2D eigenvalue weighted by Crippen LogP contribution is -2.50. The molecule has 0 radical (unpaired) electrons. The first-order valence-electron chi connectivity index (χ1n) is 9.99. The van der Waals surface area contributed by atoms with Crippen LogP contribution in [0.2, 0.25) is 0 Å². The van der Waals surface area contributed by atoms with Gasteiger partial charge in [0.25, 0.3) is 0 Å². The highest BCUT2D eigenvalue weighted by Gasteiger charge is 2.32. The van der Waals surface area contributed by atoms with Crippen molar-refractivity contribution >= 4 is 16.9 Å². The molecule has 140 valence electrons. The van der Waals surface area contributed by atoms with Gasteiger partial charge < -0.3 is 4.90 Å². The summed E-state index contributed by atoms with van der Waals surface area (Å²) in [4.78, 5) is 14.9. The molecular formula is C21H26N6. The molecule has 2 aromatic heterocycles. The number of nitrogens with zero attached hydrogens (tertiary/aromatic N) is 6. The van der Waals surface area contributed by atoms with Crippen LogP contribution >= 0.6 is 0 Å². The number of aromatic nitrogens is 4. The summed E-state index contributed by atoms with van der Waals surface area (Å²) < 4.78 is 1.87. The highest BCUT2D eigenvalue weighted by atomic mass is 15.3. The maximum absolute atomic E-state index is 5.01. The van der Waals surface area contributed by atoms with Gasteiger partial charge in [0.15, 0.2) is 5.65 Å². The first-order valence-corrected chi connectivity index (χ1v) is 9.99. The number of fused-ring (bicyclic) bond motifs is 2. The van der Waals surface area contributed by atoms with Gasteiger partial charge in [-0.2, -0.15) is 5.10 Å². The van der Waals surface area contributed by atoms with Crippen molar-refractivity contribution in [3.8, 4) is 0 Å². The van der Waals surface area contributed by atoms with Crippen molar-refractivity contribution in [1.82, 2.24) is 24.6 Å². The molecule has 0 unspecified atom stereocenters. The Hall–Kier alpha value is -2.47. The molecule has 0 saturated carbocycles. The minimum atomic E-state index is 0.674. The molecule has 1 atom stereocenters. The first-order chi connectivity index (χ1) is 13.3. The largest absolute Gasteiger partial charge is 0.353 e. The average Bonchev–Trinajstić information content (AvgIpc) is 3.33. The molecule has 6 heteroatoms. The molecule has 0 spiro atoms. The second-order valence-electron chi connectivity index (χ2n) is 7.73. The van der Waals surface area contributed by atoms with Crippen LogP contribution < -0.4 is 4.90 Å². The van der Waals surface area contributed by atoms with Gasteiger partial charge in [-0.1, -0.05) is 30.3 Å². The lowest BCUT2D eigenvalue weighted by Gasteiger charge is -2.38. The van der Waals surface area contributed by atoms with Gasteiger partial charge in [-0.05, 0) is 31.4 Å². The summed E-state index contributed by atoms with van der Waals surface area (Å²) in [5, 5.41) is 5.53. The van der Waals surface area contributed by atoms with Crippen LogP contribution in [0, 0.1) is 0 Å². The van der Waals surface area contributed by atoms with Crippen LogP contribution in [0.3, 0.4) is 0 Å². The average molecular weight is 362 g/mol. The van der Waals surface area contributed by atoms with Crippen molar-refractivity contribution < 1.29 is 0 Å². The maximum Gasteiger partial charge on any atom is 0.163 e. The number of anilines is 1. The second-order valence-corrected chi connectivity index (χ2v) is 7.73. The zero-order valence-electron chi connectivity index (χ0n) is 15.9. The molecule has 5 rings (SSSR count). The normalized spacial score (nSPS) is 20.3. The SMILES string of the molecule is Cn1ncc2c(N3CCN4CCC[C@H]4C3)nc(CCc3ccccc3)nc21. The number of hydrogen-bond acceptors (Lipinski definition) is 5. The summed E-state index contributed by atoms with van der Waals surface area (Å²) in [5.41, 5.74) is 2.27. The zero-order valence-corrected chi connectivity index (χ0v) is 15.9. The molecule has 1 aromatic carbocycles. The van der Waals surface area contributed by atoms with Crippen LogP contribution in [-0.4, -0.2) is 56.9 Å². The maximum atomic E-state index is 5.01. The Kier molecular flexibility index (Phi) is 4.28. The Morgan fingerprint density at radius 1 is 1.04 bits per heavy atom. The van der Waals surface area contributed by atoms with E-state index in [1.165, 1.54) is 24.9 Å². The molecule has 0 bridgehead atoms. The fourth-order valence-corrected chi connectivity index (χ4v) is 4.49. The Labute approximate surface area is 159 Å². The zero-order chi connectivity index (χ0) is 18.2. The minimum Gasteiger partial charge on any atom is -0.353 e. The van der Waals surface area contributed by atoms with Gasteiger partial charge in [-0.25, -0.2) is 9.97 Å². The summed E-state index contributed by atoms with van der Waals surface area (Å²) >= 11 is 0. The predicted octanol–water partition coefficient (Wildman–Crippen LogP) is 2.43. The molecule has 3 aromatic rings. The topological polar surface area (TPSA) is 50.1 Å². The van der Waals surface area contributed by atoms with Gasteiger partial charge in [-0.3, -0.25) is 9.58 Å². The molecular weight excluding hydrogens is 336 g/mol. The van der Waals surface area contributed by atoms with E-state index in [-0.39, 0.29) is 0 Å². The number of hydrogen-bond donors (Lipinski definition) is 0. The van der Waals surface area contributed by atoms with Crippen LogP contribution in [0.15, 0.2) is 36.5 Å². The minimum absolute atomic E-state index is 0.674. The lowest BCUT2D eigenvalue weighted by atomic mass is 10.1. The Bertz CT molecular complexity index is 934. The molecule has 27 heavy (non-hydrogen) atoms. The van der Waals surface area contributed by atoms with Crippen LogP contribution in [-0.2, 0) is 19.9 Å². The van der Waals surface area contributed by atoms with Crippen LogP contribution in [0.1, 0.15) is 24.2 Å². The third-order valence-electron chi connectivity index (χ3n) is 5.99. The fourth-order valence-electron chi connectivity index (χ4n) is 4.49. The number of piperazine rings is 1. The van der Waals surface area contributed by atoms with Gasteiger partial charge in [0.05, 0.1) is 11.6 Å². The molecule has 2 aliphatic rings. The van der Waals surface area contributed by atoms with Gasteiger partial charge >= 0.3 is 0 Å². The smallest absolute Gasteiger partial charge is 0.163 e. The van der Waals surface area contributed by atoms with Crippen molar-refractivity contribution in [2.75, 3.05) is 31.1 Å². The van der Waals surface area contributed by atoms with Crippen LogP contribution in [0.4, 0.5) is 5.82 Å². The molecule has 0 N–H and O–H groups in total. The van der Waals surface area contributed by atoms with E-state index in [9.17, 15) is 0 Å².